The molecule has 2 N–H and O–H groups in total. The molecule has 29 heavy (non-hydrogen) atoms. The van der Waals surface area contributed by atoms with Gasteiger partial charge >= 0.3 is 0 Å². The molecule has 0 atom stereocenters. The van der Waals surface area contributed by atoms with E-state index >= 15 is 0 Å². The van der Waals surface area contributed by atoms with Crippen LogP contribution in [0.4, 0.5) is 6.01 Å². The van der Waals surface area contributed by atoms with Gasteiger partial charge in [0.05, 0.1) is 0 Å². The summed E-state index contributed by atoms with van der Waals surface area (Å²) in [6.45, 7) is 0.898. The van der Waals surface area contributed by atoms with Crippen molar-refractivity contribution >= 4 is 23.0 Å². The average Bonchev–Trinajstić information content (AvgIpc) is 2.96. The lowest BCUT2D eigenvalue weighted by molar-refractivity contribution is 0.0958. The molecule has 0 spiro atoms. The molecule has 2 aromatic heterocycles. The van der Waals surface area contributed by atoms with Crippen LogP contribution >= 0.6 is 0 Å². The number of ether oxygens (including phenoxy) is 1. The first-order valence-electron chi connectivity index (χ1n) is 10.2. The van der Waals surface area contributed by atoms with E-state index in [9.17, 15) is 4.79 Å². The molecule has 0 radical (unpaired) electrons. The fraction of sp³-hybridized carbons (Fsp3) is 0.409. The van der Waals surface area contributed by atoms with E-state index in [1.165, 1.54) is 38.5 Å². The number of hydrogen-bond acceptors (Lipinski definition) is 6. The summed E-state index contributed by atoms with van der Waals surface area (Å²) in [6, 6.07) is 9.36. The largest absolute Gasteiger partial charge is 0.457 e. The second-order valence-corrected chi connectivity index (χ2v) is 7.45. The number of benzene rings is 1. The molecule has 1 fully saturated rings. The number of aromatic nitrogens is 2. The Labute approximate surface area is 169 Å². The van der Waals surface area contributed by atoms with E-state index in [-0.39, 0.29) is 5.91 Å². The minimum Gasteiger partial charge on any atom is -0.457 e. The number of fused-ring (bicyclic) bond motifs is 1. The first-order chi connectivity index (χ1) is 14.2. The number of carbonyl (C=O) groups is 1. The Kier molecular flexibility index (Phi) is 5.93. The summed E-state index contributed by atoms with van der Waals surface area (Å²) in [5, 5.41) is 5.91. The second-order valence-electron chi connectivity index (χ2n) is 7.45. The van der Waals surface area contributed by atoms with Crippen LogP contribution in [0, 0.1) is 5.92 Å². The molecular formula is C22H26N4O3. The van der Waals surface area contributed by atoms with E-state index < -0.39 is 0 Å². The number of hydrogen-bond donors (Lipinski definition) is 2. The lowest BCUT2D eigenvalue weighted by Gasteiger charge is -2.13. The number of nitrogens with zero attached hydrogens (tertiary/aromatic N) is 2. The van der Waals surface area contributed by atoms with Crippen LogP contribution in [0.5, 0.6) is 11.5 Å². The summed E-state index contributed by atoms with van der Waals surface area (Å²) in [6.07, 6.45) is 9.43. The third kappa shape index (κ3) is 4.85. The van der Waals surface area contributed by atoms with Crippen molar-refractivity contribution in [1.29, 1.82) is 0 Å². The number of oxazole rings is 1. The van der Waals surface area contributed by atoms with Crippen molar-refractivity contribution in [2.24, 2.45) is 5.92 Å². The molecule has 0 bridgehead atoms. The summed E-state index contributed by atoms with van der Waals surface area (Å²) in [5.74, 6) is 1.57. The van der Waals surface area contributed by atoms with E-state index in [0.29, 0.717) is 34.7 Å². The minimum absolute atomic E-state index is 0.259. The third-order valence-electron chi connectivity index (χ3n) is 5.30. The van der Waals surface area contributed by atoms with Gasteiger partial charge < -0.3 is 19.8 Å². The Morgan fingerprint density at radius 1 is 1.14 bits per heavy atom. The standard InChI is InChI=1S/C22H26N4O3/c1-23-21(27)19-12-17(10-11-24-19)28-16-8-9-18-20(13-16)29-22(26-18)25-14-15-6-4-2-3-5-7-15/h8-13,15H,2-7,14H2,1H3,(H,23,27)(H,25,26). The highest BCUT2D eigenvalue weighted by atomic mass is 16.5. The van der Waals surface area contributed by atoms with Gasteiger partial charge in [-0.05, 0) is 37.0 Å². The second kappa shape index (κ2) is 8.94. The van der Waals surface area contributed by atoms with Crippen LogP contribution in [0.15, 0.2) is 40.9 Å². The molecule has 7 nitrogen and oxygen atoms in total. The van der Waals surface area contributed by atoms with Gasteiger partial charge in [-0.15, -0.1) is 0 Å². The molecule has 7 heteroatoms. The lowest BCUT2D eigenvalue weighted by Crippen LogP contribution is -2.18. The average molecular weight is 394 g/mol. The molecule has 0 saturated heterocycles. The van der Waals surface area contributed by atoms with Gasteiger partial charge in [-0.25, -0.2) is 0 Å². The van der Waals surface area contributed by atoms with Crippen LogP contribution in [0.1, 0.15) is 49.0 Å². The first kappa shape index (κ1) is 19.2. The maximum Gasteiger partial charge on any atom is 0.295 e. The highest BCUT2D eigenvalue weighted by Crippen LogP contribution is 2.28. The first-order valence-corrected chi connectivity index (χ1v) is 10.2. The van der Waals surface area contributed by atoms with Crippen molar-refractivity contribution in [3.05, 3.63) is 42.2 Å². The van der Waals surface area contributed by atoms with E-state index in [0.717, 1.165) is 12.1 Å². The molecule has 1 aromatic carbocycles. The minimum atomic E-state index is -0.259. The molecule has 1 saturated carbocycles. The predicted octanol–water partition coefficient (Wildman–Crippen LogP) is 4.76. The Balaban J connectivity index is 1.43. The molecule has 0 aliphatic heterocycles. The number of carbonyl (C=O) groups excluding carboxylic acids is 1. The number of nitrogens with one attached hydrogen (secondary N) is 2. The Bertz CT molecular complexity index is 977. The molecule has 2 heterocycles. The smallest absolute Gasteiger partial charge is 0.295 e. The highest BCUT2D eigenvalue weighted by Gasteiger charge is 2.14. The normalized spacial score (nSPS) is 15.1. The van der Waals surface area contributed by atoms with E-state index in [1.54, 1.807) is 31.4 Å². The summed E-state index contributed by atoms with van der Waals surface area (Å²) in [5.41, 5.74) is 1.74. The summed E-state index contributed by atoms with van der Waals surface area (Å²) in [7, 11) is 1.57. The van der Waals surface area contributed by atoms with Crippen molar-refractivity contribution < 1.29 is 13.9 Å². The van der Waals surface area contributed by atoms with Crippen molar-refractivity contribution in [2.75, 3.05) is 18.9 Å². The van der Waals surface area contributed by atoms with E-state index in [1.807, 2.05) is 12.1 Å². The van der Waals surface area contributed by atoms with Gasteiger partial charge in [0.1, 0.15) is 22.7 Å². The molecule has 1 aliphatic carbocycles. The quantitative estimate of drug-likeness (QED) is 0.586. The van der Waals surface area contributed by atoms with Gasteiger partial charge in [0, 0.05) is 31.9 Å². The van der Waals surface area contributed by atoms with Crippen molar-refractivity contribution in [1.82, 2.24) is 15.3 Å². The fourth-order valence-corrected chi connectivity index (χ4v) is 3.71. The van der Waals surface area contributed by atoms with Gasteiger partial charge in [-0.2, -0.15) is 4.98 Å². The van der Waals surface area contributed by atoms with E-state index in [2.05, 4.69) is 20.6 Å². The summed E-state index contributed by atoms with van der Waals surface area (Å²) >= 11 is 0. The molecule has 152 valence electrons. The number of pyridine rings is 1. The Morgan fingerprint density at radius 3 is 2.72 bits per heavy atom. The molecule has 1 amide bonds. The van der Waals surface area contributed by atoms with Gasteiger partial charge in [-0.1, -0.05) is 25.7 Å². The fourth-order valence-electron chi connectivity index (χ4n) is 3.71. The monoisotopic (exact) mass is 394 g/mol. The zero-order chi connectivity index (χ0) is 20.1. The Hall–Kier alpha value is -3.09. The van der Waals surface area contributed by atoms with Crippen LogP contribution in [-0.4, -0.2) is 29.5 Å². The number of rotatable bonds is 6. The highest BCUT2D eigenvalue weighted by molar-refractivity contribution is 5.92. The summed E-state index contributed by atoms with van der Waals surface area (Å²) in [4.78, 5) is 20.3. The summed E-state index contributed by atoms with van der Waals surface area (Å²) < 4.78 is 11.7. The Morgan fingerprint density at radius 2 is 1.93 bits per heavy atom. The van der Waals surface area contributed by atoms with Crippen LogP contribution in [-0.2, 0) is 0 Å². The van der Waals surface area contributed by atoms with Gasteiger partial charge in [0.2, 0.25) is 0 Å². The zero-order valence-corrected chi connectivity index (χ0v) is 16.6. The van der Waals surface area contributed by atoms with Crippen LogP contribution in [0.2, 0.25) is 0 Å². The van der Waals surface area contributed by atoms with E-state index in [4.69, 9.17) is 9.15 Å². The predicted molar refractivity (Wildman–Crippen MR) is 111 cm³/mol. The van der Waals surface area contributed by atoms with Crippen LogP contribution in [0.3, 0.4) is 0 Å². The maximum absolute atomic E-state index is 11.7. The maximum atomic E-state index is 11.7. The van der Waals surface area contributed by atoms with Gasteiger partial charge in [0.15, 0.2) is 5.58 Å². The van der Waals surface area contributed by atoms with Crippen LogP contribution < -0.4 is 15.4 Å². The van der Waals surface area contributed by atoms with Crippen LogP contribution in [0.25, 0.3) is 11.1 Å². The van der Waals surface area contributed by atoms with Crippen molar-refractivity contribution in [2.45, 2.75) is 38.5 Å². The van der Waals surface area contributed by atoms with Crippen molar-refractivity contribution in [3.63, 3.8) is 0 Å². The zero-order valence-electron chi connectivity index (χ0n) is 16.6. The molecule has 4 rings (SSSR count). The number of amides is 1. The number of anilines is 1. The molecule has 3 aromatic rings. The lowest BCUT2D eigenvalue weighted by atomic mass is 10.0. The topological polar surface area (TPSA) is 89.3 Å². The van der Waals surface area contributed by atoms with Gasteiger partial charge in [-0.3, -0.25) is 9.78 Å². The van der Waals surface area contributed by atoms with Gasteiger partial charge in [0.25, 0.3) is 11.9 Å². The van der Waals surface area contributed by atoms with Crippen molar-refractivity contribution in [3.8, 4) is 11.5 Å². The SMILES string of the molecule is CNC(=O)c1cc(Oc2ccc3nc(NCC4CCCCCC4)oc3c2)ccn1. The third-order valence-corrected chi connectivity index (χ3v) is 5.30. The molecular weight excluding hydrogens is 368 g/mol. The molecule has 1 aliphatic rings. The molecule has 0 unspecified atom stereocenters.